The number of hydrogen-bond acceptors (Lipinski definition) is 1. The summed E-state index contributed by atoms with van der Waals surface area (Å²) in [5.41, 5.74) is 5.49. The van der Waals surface area contributed by atoms with E-state index in [-0.39, 0.29) is 0 Å². The molecule has 2 aromatic carbocycles. The first kappa shape index (κ1) is 12.8. The van der Waals surface area contributed by atoms with Gasteiger partial charge in [0.25, 0.3) is 0 Å². The van der Waals surface area contributed by atoms with E-state index in [1.165, 1.54) is 22.3 Å². The predicted octanol–water partition coefficient (Wildman–Crippen LogP) is 3.65. The Morgan fingerprint density at radius 3 is 2.39 bits per heavy atom. The third kappa shape index (κ3) is 2.80. The summed E-state index contributed by atoms with van der Waals surface area (Å²) in [5, 5.41) is 3.31. The number of aryl methyl sites for hydroxylation is 2. The van der Waals surface area contributed by atoms with Gasteiger partial charge in [-0.15, -0.1) is 0 Å². The highest BCUT2D eigenvalue weighted by Crippen LogP contribution is 2.27. The van der Waals surface area contributed by atoms with Crippen molar-refractivity contribution in [1.29, 1.82) is 0 Å². The number of likely N-dealkylation sites (N-methyl/N-ethyl adjacent to an activating group) is 1. The Labute approximate surface area is 110 Å². The van der Waals surface area contributed by atoms with Crippen LogP contribution in [0.3, 0.4) is 0 Å². The lowest BCUT2D eigenvalue weighted by Gasteiger charge is -2.20. The first-order chi connectivity index (χ1) is 8.72. The van der Waals surface area contributed by atoms with E-state index in [9.17, 15) is 0 Å². The number of benzene rings is 2. The lowest BCUT2D eigenvalue weighted by molar-refractivity contribution is 0.704. The Morgan fingerprint density at radius 2 is 1.72 bits per heavy atom. The molecular weight excluding hydrogens is 218 g/mol. The Hall–Kier alpha value is -1.60. The van der Waals surface area contributed by atoms with Gasteiger partial charge in [0, 0.05) is 12.5 Å². The van der Waals surface area contributed by atoms with Crippen molar-refractivity contribution in [2.45, 2.75) is 19.8 Å². The van der Waals surface area contributed by atoms with Crippen LogP contribution in [0.25, 0.3) is 0 Å². The molecule has 0 amide bonds. The molecule has 0 heterocycles. The molecule has 1 nitrogen and oxygen atoms in total. The molecule has 0 aliphatic carbocycles. The van der Waals surface area contributed by atoms with Gasteiger partial charge in [-0.05, 0) is 37.6 Å². The third-order valence-electron chi connectivity index (χ3n) is 3.42. The van der Waals surface area contributed by atoms with Crippen LogP contribution in [0.15, 0.2) is 48.5 Å². The van der Waals surface area contributed by atoms with Crippen molar-refractivity contribution in [3.8, 4) is 0 Å². The second-order valence-corrected chi connectivity index (χ2v) is 4.88. The lowest BCUT2D eigenvalue weighted by atomic mass is 9.87. The molecule has 2 rings (SSSR count). The minimum absolute atomic E-state index is 0.427. The van der Waals surface area contributed by atoms with Gasteiger partial charge in [-0.1, -0.05) is 54.1 Å². The topological polar surface area (TPSA) is 12.0 Å². The summed E-state index contributed by atoms with van der Waals surface area (Å²) in [5.74, 6) is 0.427. The molecule has 0 fully saturated rings. The molecule has 0 aromatic heterocycles. The zero-order valence-corrected chi connectivity index (χ0v) is 11.4. The molecule has 0 spiro atoms. The molecule has 1 N–H and O–H groups in total. The van der Waals surface area contributed by atoms with E-state index in [4.69, 9.17) is 0 Å². The van der Waals surface area contributed by atoms with E-state index in [0.717, 1.165) is 6.54 Å². The smallest absolute Gasteiger partial charge is 0.0217 e. The van der Waals surface area contributed by atoms with Gasteiger partial charge < -0.3 is 5.32 Å². The van der Waals surface area contributed by atoms with E-state index < -0.39 is 0 Å². The summed E-state index contributed by atoms with van der Waals surface area (Å²) in [6, 6.07) is 17.4. The molecule has 0 radical (unpaired) electrons. The quantitative estimate of drug-likeness (QED) is 0.858. The van der Waals surface area contributed by atoms with Gasteiger partial charge in [0.2, 0.25) is 0 Å². The van der Waals surface area contributed by atoms with Gasteiger partial charge in [-0.25, -0.2) is 0 Å². The van der Waals surface area contributed by atoms with E-state index in [2.05, 4.69) is 67.7 Å². The minimum Gasteiger partial charge on any atom is -0.319 e. The molecule has 1 unspecified atom stereocenters. The molecule has 0 saturated carbocycles. The SMILES string of the molecule is CNCC(c1ccccc1)c1cc(C)ccc1C. The maximum absolute atomic E-state index is 3.31. The van der Waals surface area contributed by atoms with Crippen molar-refractivity contribution >= 4 is 0 Å². The number of rotatable bonds is 4. The average molecular weight is 239 g/mol. The fourth-order valence-corrected chi connectivity index (χ4v) is 2.43. The Kier molecular flexibility index (Phi) is 4.16. The van der Waals surface area contributed by atoms with Crippen LogP contribution < -0.4 is 5.32 Å². The van der Waals surface area contributed by atoms with Crippen molar-refractivity contribution in [1.82, 2.24) is 5.32 Å². The molecule has 0 aliphatic rings. The fraction of sp³-hybridized carbons (Fsp3) is 0.294. The summed E-state index contributed by atoms with van der Waals surface area (Å²) >= 11 is 0. The summed E-state index contributed by atoms with van der Waals surface area (Å²) in [4.78, 5) is 0. The summed E-state index contributed by atoms with van der Waals surface area (Å²) in [7, 11) is 2.01. The summed E-state index contributed by atoms with van der Waals surface area (Å²) in [6.45, 7) is 5.32. The molecule has 2 aromatic rings. The maximum Gasteiger partial charge on any atom is 0.0217 e. The maximum atomic E-state index is 3.31. The number of hydrogen-bond donors (Lipinski definition) is 1. The van der Waals surface area contributed by atoms with Crippen molar-refractivity contribution in [2.24, 2.45) is 0 Å². The molecular formula is C17H21N. The van der Waals surface area contributed by atoms with Crippen LogP contribution in [-0.4, -0.2) is 13.6 Å². The van der Waals surface area contributed by atoms with Gasteiger partial charge in [-0.2, -0.15) is 0 Å². The second-order valence-electron chi connectivity index (χ2n) is 4.88. The van der Waals surface area contributed by atoms with Crippen LogP contribution in [-0.2, 0) is 0 Å². The van der Waals surface area contributed by atoms with Crippen LogP contribution in [0, 0.1) is 13.8 Å². The van der Waals surface area contributed by atoms with Crippen molar-refractivity contribution < 1.29 is 0 Å². The second kappa shape index (κ2) is 5.83. The first-order valence-electron chi connectivity index (χ1n) is 6.49. The van der Waals surface area contributed by atoms with Crippen molar-refractivity contribution in [3.05, 3.63) is 70.8 Å². The van der Waals surface area contributed by atoms with Crippen molar-refractivity contribution in [2.75, 3.05) is 13.6 Å². The Balaban J connectivity index is 2.44. The zero-order valence-electron chi connectivity index (χ0n) is 11.4. The van der Waals surface area contributed by atoms with Crippen LogP contribution in [0.1, 0.15) is 28.2 Å². The molecule has 94 valence electrons. The van der Waals surface area contributed by atoms with Gasteiger partial charge >= 0.3 is 0 Å². The summed E-state index contributed by atoms with van der Waals surface area (Å²) < 4.78 is 0. The van der Waals surface area contributed by atoms with Gasteiger partial charge in [0.05, 0.1) is 0 Å². The lowest BCUT2D eigenvalue weighted by Crippen LogP contribution is -2.19. The standard InChI is InChI=1S/C17H21N/c1-13-9-10-14(2)16(11-13)17(12-18-3)15-7-5-4-6-8-15/h4-11,17-18H,12H2,1-3H3. The first-order valence-corrected chi connectivity index (χ1v) is 6.49. The van der Waals surface area contributed by atoms with E-state index in [1.807, 2.05) is 7.05 Å². The summed E-state index contributed by atoms with van der Waals surface area (Å²) in [6.07, 6.45) is 0. The molecule has 0 saturated heterocycles. The van der Waals surface area contributed by atoms with E-state index in [1.54, 1.807) is 0 Å². The highest BCUT2D eigenvalue weighted by atomic mass is 14.8. The third-order valence-corrected chi connectivity index (χ3v) is 3.42. The van der Waals surface area contributed by atoms with Crippen LogP contribution in [0.4, 0.5) is 0 Å². The van der Waals surface area contributed by atoms with Gasteiger partial charge in [0.15, 0.2) is 0 Å². The highest BCUT2D eigenvalue weighted by Gasteiger charge is 2.15. The monoisotopic (exact) mass is 239 g/mol. The molecule has 18 heavy (non-hydrogen) atoms. The molecule has 1 atom stereocenters. The Bertz CT molecular complexity index is 502. The highest BCUT2D eigenvalue weighted by molar-refractivity contribution is 5.40. The van der Waals surface area contributed by atoms with Crippen LogP contribution >= 0.6 is 0 Å². The Morgan fingerprint density at radius 1 is 1.00 bits per heavy atom. The average Bonchev–Trinajstić information content (AvgIpc) is 2.40. The predicted molar refractivity (Wildman–Crippen MR) is 78.1 cm³/mol. The fourth-order valence-electron chi connectivity index (χ4n) is 2.43. The van der Waals surface area contributed by atoms with E-state index >= 15 is 0 Å². The number of nitrogens with one attached hydrogen (secondary N) is 1. The van der Waals surface area contributed by atoms with E-state index in [0.29, 0.717) is 5.92 Å². The largest absolute Gasteiger partial charge is 0.319 e. The minimum atomic E-state index is 0.427. The normalized spacial score (nSPS) is 12.4. The van der Waals surface area contributed by atoms with Gasteiger partial charge in [0.1, 0.15) is 0 Å². The molecule has 1 heteroatoms. The van der Waals surface area contributed by atoms with Crippen molar-refractivity contribution in [3.63, 3.8) is 0 Å². The molecule has 0 aliphatic heterocycles. The molecule has 0 bridgehead atoms. The van der Waals surface area contributed by atoms with Crippen LogP contribution in [0.2, 0.25) is 0 Å². The van der Waals surface area contributed by atoms with Gasteiger partial charge in [-0.3, -0.25) is 0 Å². The zero-order chi connectivity index (χ0) is 13.0. The van der Waals surface area contributed by atoms with Crippen LogP contribution in [0.5, 0.6) is 0 Å².